The molecule has 1 aromatic carbocycles. The Morgan fingerprint density at radius 1 is 1.53 bits per heavy atom. The van der Waals surface area contributed by atoms with Crippen molar-refractivity contribution < 1.29 is 9.66 Å². The van der Waals surface area contributed by atoms with E-state index in [4.69, 9.17) is 16.3 Å². The first-order chi connectivity index (χ1) is 9.10. The number of ether oxygens (including phenoxy) is 1. The predicted molar refractivity (Wildman–Crippen MR) is 79.5 cm³/mol. The zero-order valence-electron chi connectivity index (χ0n) is 11.1. The number of hydrogen-bond donors (Lipinski definition) is 0. The second-order valence-corrected chi connectivity index (χ2v) is 5.97. The summed E-state index contributed by atoms with van der Waals surface area (Å²) >= 11 is 7.16. The first kappa shape index (κ1) is 16.1. The summed E-state index contributed by atoms with van der Waals surface area (Å²) in [7, 11) is 0. The molecule has 0 aliphatic carbocycles. The van der Waals surface area contributed by atoms with Gasteiger partial charge < -0.3 is 4.74 Å². The summed E-state index contributed by atoms with van der Waals surface area (Å²) < 4.78 is 5.45. The van der Waals surface area contributed by atoms with Crippen molar-refractivity contribution in [3.05, 3.63) is 28.3 Å². The van der Waals surface area contributed by atoms with E-state index in [0.29, 0.717) is 23.1 Å². The Morgan fingerprint density at radius 3 is 2.84 bits per heavy atom. The number of para-hydroxylation sites is 1. The van der Waals surface area contributed by atoms with Gasteiger partial charge in [-0.3, -0.25) is 10.1 Å². The number of hydrogen-bond acceptors (Lipinski definition) is 4. The molecule has 1 rings (SSSR count). The maximum atomic E-state index is 11.2. The normalized spacial score (nSPS) is 12.2. The zero-order chi connectivity index (χ0) is 14.3. The van der Waals surface area contributed by atoms with Crippen molar-refractivity contribution >= 4 is 29.1 Å². The highest BCUT2D eigenvalue weighted by molar-refractivity contribution is 8.00. The molecular formula is C13H18ClNO3S. The molecule has 1 atom stereocenters. The van der Waals surface area contributed by atoms with Gasteiger partial charge in [0.15, 0.2) is 5.75 Å². The van der Waals surface area contributed by atoms with Gasteiger partial charge in [-0.15, -0.1) is 23.4 Å². The van der Waals surface area contributed by atoms with Gasteiger partial charge in [-0.05, 0) is 25.0 Å². The third kappa shape index (κ3) is 4.91. The van der Waals surface area contributed by atoms with E-state index < -0.39 is 0 Å². The Kier molecular flexibility index (Phi) is 7.02. The average Bonchev–Trinajstić information content (AvgIpc) is 2.36. The summed E-state index contributed by atoms with van der Waals surface area (Å²) in [5.74, 6) is 0.892. The first-order valence-corrected chi connectivity index (χ1v) is 7.64. The summed E-state index contributed by atoms with van der Waals surface area (Å²) in [5, 5.41) is 11.5. The van der Waals surface area contributed by atoms with Crippen LogP contribution in [0.5, 0.6) is 5.75 Å². The number of benzene rings is 1. The topological polar surface area (TPSA) is 52.4 Å². The Labute approximate surface area is 122 Å². The molecular weight excluding hydrogens is 286 g/mol. The summed E-state index contributed by atoms with van der Waals surface area (Å²) in [4.78, 5) is 11.5. The average molecular weight is 304 g/mol. The van der Waals surface area contributed by atoms with E-state index in [1.165, 1.54) is 11.8 Å². The van der Waals surface area contributed by atoms with Gasteiger partial charge in [0.1, 0.15) is 0 Å². The standard InChI is InChI=1S/C13H18ClNO3S/c1-3-9-18-11-5-4-6-12(13(11)15(16)17)19-10(2)7-8-14/h4-6,10H,3,7-9H2,1-2H3. The highest BCUT2D eigenvalue weighted by atomic mass is 35.5. The van der Waals surface area contributed by atoms with Gasteiger partial charge in [-0.25, -0.2) is 0 Å². The van der Waals surface area contributed by atoms with Crippen LogP contribution in [-0.4, -0.2) is 22.7 Å². The van der Waals surface area contributed by atoms with Crippen LogP contribution in [0.1, 0.15) is 26.7 Å². The number of thioether (sulfide) groups is 1. The van der Waals surface area contributed by atoms with Crippen LogP contribution >= 0.6 is 23.4 Å². The van der Waals surface area contributed by atoms with Gasteiger partial charge in [-0.1, -0.05) is 19.9 Å². The molecule has 1 aromatic rings. The van der Waals surface area contributed by atoms with Gasteiger partial charge in [0, 0.05) is 11.1 Å². The summed E-state index contributed by atoms with van der Waals surface area (Å²) in [6.45, 7) is 4.45. The second kappa shape index (κ2) is 8.27. The number of alkyl halides is 1. The quantitative estimate of drug-likeness (QED) is 0.307. The Balaban J connectivity index is 2.99. The van der Waals surface area contributed by atoms with Gasteiger partial charge in [-0.2, -0.15) is 0 Å². The van der Waals surface area contributed by atoms with Crippen molar-refractivity contribution in [1.29, 1.82) is 0 Å². The molecule has 0 amide bonds. The van der Waals surface area contributed by atoms with Crippen LogP contribution in [0.3, 0.4) is 0 Å². The molecule has 0 aliphatic heterocycles. The van der Waals surface area contributed by atoms with E-state index in [0.717, 1.165) is 12.8 Å². The van der Waals surface area contributed by atoms with E-state index >= 15 is 0 Å². The van der Waals surface area contributed by atoms with Crippen molar-refractivity contribution in [2.45, 2.75) is 36.8 Å². The van der Waals surface area contributed by atoms with Gasteiger partial charge in [0.2, 0.25) is 0 Å². The molecule has 0 spiro atoms. The molecule has 0 saturated heterocycles. The van der Waals surface area contributed by atoms with Crippen LogP contribution in [0.2, 0.25) is 0 Å². The lowest BCUT2D eigenvalue weighted by molar-refractivity contribution is -0.388. The number of nitro benzene ring substituents is 1. The molecule has 106 valence electrons. The third-order valence-electron chi connectivity index (χ3n) is 2.45. The molecule has 1 unspecified atom stereocenters. The van der Waals surface area contributed by atoms with Crippen molar-refractivity contribution in [2.24, 2.45) is 0 Å². The van der Waals surface area contributed by atoms with Crippen LogP contribution in [-0.2, 0) is 0 Å². The minimum atomic E-state index is -0.374. The Bertz CT molecular complexity index is 428. The predicted octanol–water partition coefficient (Wildman–Crippen LogP) is 4.49. The Morgan fingerprint density at radius 2 is 2.26 bits per heavy atom. The van der Waals surface area contributed by atoms with Gasteiger partial charge in [0.25, 0.3) is 0 Å². The van der Waals surface area contributed by atoms with Crippen LogP contribution in [0.4, 0.5) is 5.69 Å². The zero-order valence-corrected chi connectivity index (χ0v) is 12.7. The number of nitrogens with zero attached hydrogens (tertiary/aromatic N) is 1. The lowest BCUT2D eigenvalue weighted by Crippen LogP contribution is -2.02. The van der Waals surface area contributed by atoms with E-state index in [2.05, 4.69) is 0 Å². The SMILES string of the molecule is CCCOc1cccc(SC(C)CCCl)c1[N+](=O)[O-]. The minimum absolute atomic E-state index is 0.0578. The molecule has 0 N–H and O–H groups in total. The molecule has 0 aromatic heterocycles. The fraction of sp³-hybridized carbons (Fsp3) is 0.538. The molecule has 0 aliphatic rings. The smallest absolute Gasteiger partial charge is 0.324 e. The summed E-state index contributed by atoms with van der Waals surface area (Å²) in [6.07, 6.45) is 1.63. The van der Waals surface area contributed by atoms with Crippen LogP contribution in [0.15, 0.2) is 23.1 Å². The number of halogens is 1. The molecule has 0 radical (unpaired) electrons. The highest BCUT2D eigenvalue weighted by Crippen LogP contribution is 2.39. The van der Waals surface area contributed by atoms with Crippen molar-refractivity contribution in [2.75, 3.05) is 12.5 Å². The van der Waals surface area contributed by atoms with Crippen molar-refractivity contribution in [3.63, 3.8) is 0 Å². The van der Waals surface area contributed by atoms with Crippen molar-refractivity contribution in [1.82, 2.24) is 0 Å². The maximum Gasteiger partial charge on any atom is 0.324 e. The third-order valence-corrected chi connectivity index (χ3v) is 3.89. The van der Waals surface area contributed by atoms with Crippen LogP contribution in [0, 0.1) is 10.1 Å². The largest absolute Gasteiger partial charge is 0.487 e. The lowest BCUT2D eigenvalue weighted by Gasteiger charge is -2.12. The van der Waals surface area contributed by atoms with Gasteiger partial charge >= 0.3 is 5.69 Å². The molecule has 0 saturated carbocycles. The van der Waals surface area contributed by atoms with Crippen LogP contribution in [0.25, 0.3) is 0 Å². The summed E-state index contributed by atoms with van der Waals surface area (Å²) in [5.41, 5.74) is 0.0578. The minimum Gasteiger partial charge on any atom is -0.487 e. The van der Waals surface area contributed by atoms with E-state index in [1.54, 1.807) is 18.2 Å². The monoisotopic (exact) mass is 303 g/mol. The molecule has 6 heteroatoms. The number of nitro groups is 1. The lowest BCUT2D eigenvalue weighted by atomic mass is 10.3. The fourth-order valence-corrected chi connectivity index (χ4v) is 3.10. The molecule has 4 nitrogen and oxygen atoms in total. The fourth-order valence-electron chi connectivity index (χ4n) is 1.54. The molecule has 0 fully saturated rings. The van der Waals surface area contributed by atoms with Crippen LogP contribution < -0.4 is 4.74 Å². The second-order valence-electron chi connectivity index (χ2n) is 4.11. The molecule has 0 heterocycles. The molecule has 19 heavy (non-hydrogen) atoms. The first-order valence-electron chi connectivity index (χ1n) is 6.23. The van der Waals surface area contributed by atoms with E-state index in [9.17, 15) is 10.1 Å². The van der Waals surface area contributed by atoms with Gasteiger partial charge in [0.05, 0.1) is 16.4 Å². The maximum absolute atomic E-state index is 11.2. The highest BCUT2D eigenvalue weighted by Gasteiger charge is 2.22. The van der Waals surface area contributed by atoms with E-state index in [1.807, 2.05) is 13.8 Å². The van der Waals surface area contributed by atoms with Crippen molar-refractivity contribution in [3.8, 4) is 5.75 Å². The Hall–Kier alpha value is -0.940. The molecule has 0 bridgehead atoms. The van der Waals surface area contributed by atoms with E-state index in [-0.39, 0.29) is 15.9 Å². The summed E-state index contributed by atoms with van der Waals surface area (Å²) in [6, 6.07) is 5.18. The number of rotatable bonds is 8.